The Kier molecular flexibility index (Phi) is 3.88. The number of rotatable bonds is 4. The summed E-state index contributed by atoms with van der Waals surface area (Å²) in [5, 5.41) is 6.88. The molecule has 2 rings (SSSR count). The minimum atomic E-state index is 0.0536. The van der Waals surface area contributed by atoms with Crippen molar-refractivity contribution in [3.63, 3.8) is 0 Å². The Morgan fingerprint density at radius 3 is 3.00 bits per heavy atom. The Morgan fingerprint density at radius 2 is 2.29 bits per heavy atom. The molecule has 0 aliphatic carbocycles. The van der Waals surface area contributed by atoms with Crippen LogP contribution in [0.1, 0.15) is 16.8 Å². The number of nitrogens with zero attached hydrogens (tertiary/aromatic N) is 1. The molecule has 2 aromatic rings. The van der Waals surface area contributed by atoms with Crippen molar-refractivity contribution in [3.05, 3.63) is 52.0 Å². The van der Waals surface area contributed by atoms with Crippen LogP contribution in [0.25, 0.3) is 0 Å². The van der Waals surface area contributed by atoms with Gasteiger partial charge in [-0.05, 0) is 47.0 Å². The number of hydrogen-bond acceptors (Lipinski definition) is 3. The predicted molar refractivity (Wildman–Crippen MR) is 68.8 cm³/mol. The summed E-state index contributed by atoms with van der Waals surface area (Å²) in [5.41, 5.74) is 3.11. The first-order valence-electron chi connectivity index (χ1n) is 5.43. The van der Waals surface area contributed by atoms with Crippen molar-refractivity contribution in [1.29, 1.82) is 0 Å². The van der Waals surface area contributed by atoms with Crippen LogP contribution in [0, 0.1) is 6.92 Å². The molecule has 0 atom stereocenters. The largest absolute Gasteiger partial charge is 0.352 e. The van der Waals surface area contributed by atoms with Crippen LogP contribution in [-0.4, -0.2) is 10.9 Å². The average Bonchev–Trinajstić information content (AvgIpc) is 2.79. The van der Waals surface area contributed by atoms with E-state index >= 15 is 0 Å². The summed E-state index contributed by atoms with van der Waals surface area (Å²) in [5.74, 6) is 0.0536. The maximum Gasteiger partial charge on any atom is 0.224 e. The van der Waals surface area contributed by atoms with Gasteiger partial charge in [0.15, 0.2) is 0 Å². The topological polar surface area (TPSA) is 42.0 Å². The van der Waals surface area contributed by atoms with Crippen molar-refractivity contribution in [2.24, 2.45) is 0 Å². The molecule has 0 bridgehead atoms. The molecule has 2 aromatic heterocycles. The Bertz CT molecular complexity index is 494. The lowest BCUT2D eigenvalue weighted by molar-refractivity contribution is -0.120. The molecule has 3 nitrogen and oxygen atoms in total. The fourth-order valence-corrected chi connectivity index (χ4v) is 2.22. The van der Waals surface area contributed by atoms with Crippen molar-refractivity contribution in [3.8, 4) is 0 Å². The van der Waals surface area contributed by atoms with Crippen LogP contribution < -0.4 is 5.32 Å². The summed E-state index contributed by atoms with van der Waals surface area (Å²) < 4.78 is 0. The number of aryl methyl sites for hydroxylation is 1. The third kappa shape index (κ3) is 3.67. The predicted octanol–water partition coefficient (Wildman–Crippen LogP) is 2.31. The molecular weight excluding hydrogens is 232 g/mol. The SMILES string of the molecule is Cc1cc(CNC(=O)Cc2ccsc2)ccn1. The molecule has 0 spiro atoms. The molecular formula is C13H14N2OS. The van der Waals surface area contributed by atoms with E-state index in [1.807, 2.05) is 35.9 Å². The number of thiophene rings is 1. The van der Waals surface area contributed by atoms with Gasteiger partial charge >= 0.3 is 0 Å². The van der Waals surface area contributed by atoms with Gasteiger partial charge in [0.1, 0.15) is 0 Å². The summed E-state index contributed by atoms with van der Waals surface area (Å²) in [6.07, 6.45) is 2.21. The van der Waals surface area contributed by atoms with E-state index in [-0.39, 0.29) is 5.91 Å². The van der Waals surface area contributed by atoms with E-state index in [0.717, 1.165) is 16.8 Å². The summed E-state index contributed by atoms with van der Waals surface area (Å²) in [6, 6.07) is 5.86. The molecule has 0 aliphatic rings. The minimum Gasteiger partial charge on any atom is -0.352 e. The van der Waals surface area contributed by atoms with Crippen molar-refractivity contribution in [1.82, 2.24) is 10.3 Å². The number of carbonyl (C=O) groups is 1. The van der Waals surface area contributed by atoms with Crippen LogP contribution in [0.3, 0.4) is 0 Å². The van der Waals surface area contributed by atoms with Gasteiger partial charge in [0.25, 0.3) is 0 Å². The lowest BCUT2D eigenvalue weighted by atomic mass is 10.2. The van der Waals surface area contributed by atoms with Crippen LogP contribution in [0.2, 0.25) is 0 Å². The molecule has 1 amide bonds. The third-order valence-electron chi connectivity index (χ3n) is 2.40. The number of aromatic nitrogens is 1. The van der Waals surface area contributed by atoms with Crippen LogP contribution in [-0.2, 0) is 17.8 Å². The Morgan fingerprint density at radius 1 is 1.41 bits per heavy atom. The molecule has 17 heavy (non-hydrogen) atoms. The second kappa shape index (κ2) is 5.59. The monoisotopic (exact) mass is 246 g/mol. The first-order chi connectivity index (χ1) is 8.24. The number of nitrogens with one attached hydrogen (secondary N) is 1. The lowest BCUT2D eigenvalue weighted by Gasteiger charge is -2.05. The zero-order chi connectivity index (χ0) is 12.1. The molecule has 0 saturated carbocycles. The van der Waals surface area contributed by atoms with Crippen LogP contribution >= 0.6 is 11.3 Å². The molecule has 0 saturated heterocycles. The maximum absolute atomic E-state index is 11.6. The van der Waals surface area contributed by atoms with E-state index in [1.165, 1.54) is 0 Å². The van der Waals surface area contributed by atoms with Gasteiger partial charge in [-0.25, -0.2) is 0 Å². The van der Waals surface area contributed by atoms with Crippen LogP contribution in [0.4, 0.5) is 0 Å². The summed E-state index contributed by atoms with van der Waals surface area (Å²) in [6.45, 7) is 2.50. The highest BCUT2D eigenvalue weighted by Gasteiger charge is 2.03. The second-order valence-electron chi connectivity index (χ2n) is 3.89. The molecule has 2 heterocycles. The standard InChI is InChI=1S/C13H14N2OS/c1-10-6-11(2-4-14-10)8-15-13(16)7-12-3-5-17-9-12/h2-6,9H,7-8H2,1H3,(H,15,16). The van der Waals surface area contributed by atoms with Gasteiger partial charge in [-0.15, -0.1) is 0 Å². The Labute approximate surface area is 105 Å². The zero-order valence-electron chi connectivity index (χ0n) is 9.64. The summed E-state index contributed by atoms with van der Waals surface area (Å²) in [4.78, 5) is 15.8. The lowest BCUT2D eigenvalue weighted by Crippen LogP contribution is -2.24. The first kappa shape index (κ1) is 11.8. The Hall–Kier alpha value is -1.68. The maximum atomic E-state index is 11.6. The zero-order valence-corrected chi connectivity index (χ0v) is 10.5. The van der Waals surface area contributed by atoms with E-state index in [1.54, 1.807) is 17.5 Å². The van der Waals surface area contributed by atoms with Gasteiger partial charge in [0, 0.05) is 18.4 Å². The van der Waals surface area contributed by atoms with E-state index in [4.69, 9.17) is 0 Å². The van der Waals surface area contributed by atoms with E-state index in [0.29, 0.717) is 13.0 Å². The van der Waals surface area contributed by atoms with Gasteiger partial charge in [-0.2, -0.15) is 11.3 Å². The first-order valence-corrected chi connectivity index (χ1v) is 6.37. The van der Waals surface area contributed by atoms with Crippen LogP contribution in [0.15, 0.2) is 35.2 Å². The Balaban J connectivity index is 1.84. The van der Waals surface area contributed by atoms with Crippen molar-refractivity contribution < 1.29 is 4.79 Å². The highest BCUT2D eigenvalue weighted by atomic mass is 32.1. The van der Waals surface area contributed by atoms with Gasteiger partial charge < -0.3 is 5.32 Å². The molecule has 0 fully saturated rings. The molecule has 0 unspecified atom stereocenters. The summed E-state index contributed by atoms with van der Waals surface area (Å²) in [7, 11) is 0. The molecule has 0 aliphatic heterocycles. The molecule has 88 valence electrons. The normalized spacial score (nSPS) is 10.2. The number of carbonyl (C=O) groups excluding carboxylic acids is 1. The van der Waals surface area contributed by atoms with Gasteiger partial charge in [0.05, 0.1) is 6.42 Å². The van der Waals surface area contributed by atoms with Crippen LogP contribution in [0.5, 0.6) is 0 Å². The van der Waals surface area contributed by atoms with Crippen molar-refractivity contribution >= 4 is 17.2 Å². The minimum absolute atomic E-state index is 0.0536. The molecule has 1 N–H and O–H groups in total. The van der Waals surface area contributed by atoms with E-state index < -0.39 is 0 Å². The smallest absolute Gasteiger partial charge is 0.224 e. The number of hydrogen-bond donors (Lipinski definition) is 1. The van der Waals surface area contributed by atoms with Gasteiger partial charge in [-0.3, -0.25) is 9.78 Å². The number of pyridine rings is 1. The van der Waals surface area contributed by atoms with Crippen molar-refractivity contribution in [2.75, 3.05) is 0 Å². The fourth-order valence-electron chi connectivity index (χ4n) is 1.56. The number of amides is 1. The molecule has 4 heteroatoms. The summed E-state index contributed by atoms with van der Waals surface area (Å²) >= 11 is 1.61. The molecule has 0 aromatic carbocycles. The average molecular weight is 246 g/mol. The van der Waals surface area contributed by atoms with Gasteiger partial charge in [0.2, 0.25) is 5.91 Å². The van der Waals surface area contributed by atoms with E-state index in [9.17, 15) is 4.79 Å². The van der Waals surface area contributed by atoms with Gasteiger partial charge in [-0.1, -0.05) is 0 Å². The highest BCUT2D eigenvalue weighted by Crippen LogP contribution is 2.06. The third-order valence-corrected chi connectivity index (χ3v) is 3.13. The highest BCUT2D eigenvalue weighted by molar-refractivity contribution is 7.07. The van der Waals surface area contributed by atoms with Crippen molar-refractivity contribution in [2.45, 2.75) is 19.9 Å². The second-order valence-corrected chi connectivity index (χ2v) is 4.67. The quantitative estimate of drug-likeness (QED) is 0.899. The molecule has 0 radical (unpaired) electrons. The fraction of sp³-hybridized carbons (Fsp3) is 0.231. The van der Waals surface area contributed by atoms with E-state index in [2.05, 4.69) is 10.3 Å².